The molecule has 42 heavy (non-hydrogen) atoms. The van der Waals surface area contributed by atoms with E-state index in [0.717, 1.165) is 68.6 Å². The lowest BCUT2D eigenvalue weighted by Gasteiger charge is -2.58. The Bertz CT molecular complexity index is 1830. The molecule has 0 unspecified atom stereocenters. The third-order valence-corrected chi connectivity index (χ3v) is 9.90. The lowest BCUT2D eigenvalue weighted by molar-refractivity contribution is -0.984. The van der Waals surface area contributed by atoms with E-state index in [1.165, 1.54) is 12.1 Å². The molecular formula is C37H35F2N2O+. The minimum Gasteiger partial charge on any atom is -0.363 e. The summed E-state index contributed by atoms with van der Waals surface area (Å²) >= 11 is 0. The average Bonchev–Trinajstić information content (AvgIpc) is 3.02. The Kier molecular flexibility index (Phi) is 6.88. The summed E-state index contributed by atoms with van der Waals surface area (Å²) in [6, 6.07) is 22.4. The highest BCUT2D eigenvalue weighted by Crippen LogP contribution is 2.50. The third kappa shape index (κ3) is 4.43. The van der Waals surface area contributed by atoms with E-state index in [9.17, 15) is 4.39 Å². The second kappa shape index (κ2) is 10.7. The quantitative estimate of drug-likeness (QED) is 0.107. The molecule has 5 atom stereocenters. The van der Waals surface area contributed by atoms with Crippen LogP contribution >= 0.6 is 0 Å². The number of para-hydroxylation sites is 1. The maximum absolute atomic E-state index is 15.2. The summed E-state index contributed by atoms with van der Waals surface area (Å²) in [5.74, 6) is 0.356. The topological polar surface area (TPSA) is 22.1 Å². The molecule has 8 rings (SSSR count). The average molecular weight is 562 g/mol. The van der Waals surface area contributed by atoms with Crippen LogP contribution in [0.5, 0.6) is 0 Å². The van der Waals surface area contributed by atoms with Crippen molar-refractivity contribution in [1.82, 2.24) is 4.98 Å². The minimum atomic E-state index is -0.284. The minimum absolute atomic E-state index is 0.137. The molecule has 5 heteroatoms. The molecule has 0 saturated carbocycles. The number of fused-ring (bicyclic) bond motifs is 6. The van der Waals surface area contributed by atoms with E-state index in [4.69, 9.17) is 4.74 Å². The number of nitrogens with zero attached hydrogens (tertiary/aromatic N) is 2. The van der Waals surface area contributed by atoms with Gasteiger partial charge in [-0.25, -0.2) is 8.78 Å². The van der Waals surface area contributed by atoms with E-state index in [1.807, 2.05) is 36.5 Å². The van der Waals surface area contributed by atoms with Crippen LogP contribution in [0.25, 0.3) is 32.4 Å². The Morgan fingerprint density at radius 3 is 2.67 bits per heavy atom. The zero-order chi connectivity index (χ0) is 28.8. The van der Waals surface area contributed by atoms with Crippen LogP contribution in [0.1, 0.15) is 30.1 Å². The number of piperidine rings is 3. The summed E-state index contributed by atoms with van der Waals surface area (Å²) < 4.78 is 37.5. The molecule has 3 aliphatic heterocycles. The van der Waals surface area contributed by atoms with Gasteiger partial charge in [-0.1, -0.05) is 48.6 Å². The van der Waals surface area contributed by atoms with Crippen LogP contribution in [0, 0.1) is 23.5 Å². The number of halogens is 2. The van der Waals surface area contributed by atoms with Crippen molar-refractivity contribution in [1.29, 1.82) is 0 Å². The molecular weight excluding hydrogens is 526 g/mol. The van der Waals surface area contributed by atoms with Crippen molar-refractivity contribution in [2.45, 2.75) is 31.5 Å². The fourth-order valence-electron chi connectivity index (χ4n) is 7.96. The van der Waals surface area contributed by atoms with Crippen molar-refractivity contribution < 1.29 is 18.0 Å². The first kappa shape index (κ1) is 26.9. The van der Waals surface area contributed by atoms with E-state index >= 15 is 4.39 Å². The molecule has 4 heterocycles. The fourth-order valence-corrected chi connectivity index (χ4v) is 7.96. The first-order chi connectivity index (χ1) is 20.5. The predicted octanol–water partition coefficient (Wildman–Crippen LogP) is 8.67. The maximum atomic E-state index is 15.2. The van der Waals surface area contributed by atoms with Crippen LogP contribution in [0.3, 0.4) is 0 Å². The lowest BCUT2D eigenvalue weighted by Crippen LogP contribution is -2.67. The Morgan fingerprint density at radius 2 is 1.81 bits per heavy atom. The van der Waals surface area contributed by atoms with E-state index in [0.29, 0.717) is 30.4 Å². The molecule has 0 amide bonds. The molecule has 0 spiro atoms. The summed E-state index contributed by atoms with van der Waals surface area (Å²) in [5, 5.41) is 4.22. The van der Waals surface area contributed by atoms with Gasteiger partial charge in [0.05, 0.1) is 25.2 Å². The Labute approximate surface area is 245 Å². The van der Waals surface area contributed by atoms with Crippen molar-refractivity contribution in [3.05, 3.63) is 127 Å². The first-order valence-corrected chi connectivity index (χ1v) is 14.8. The van der Waals surface area contributed by atoms with Gasteiger partial charge < -0.3 is 9.22 Å². The number of rotatable bonds is 8. The molecule has 0 aliphatic carbocycles. The highest BCUT2D eigenvalue weighted by atomic mass is 19.1. The van der Waals surface area contributed by atoms with E-state index in [-0.39, 0.29) is 23.8 Å². The predicted molar refractivity (Wildman–Crippen MR) is 166 cm³/mol. The number of hydrogen-bond donors (Lipinski definition) is 0. The second-order valence-corrected chi connectivity index (χ2v) is 12.0. The summed E-state index contributed by atoms with van der Waals surface area (Å²) in [6.07, 6.45) is 7.69. The molecule has 3 saturated heterocycles. The lowest BCUT2D eigenvalue weighted by atomic mass is 9.70. The van der Waals surface area contributed by atoms with E-state index < -0.39 is 0 Å². The standard InChI is InChI=1S/C37H35F2N2O/c1-3-18-42-37(30-14-16-40-35-11-6-5-8-29(30)35)36-20-25-15-17-41(36,22-24(25)4-2)23-33-28-9-7-10-34(39)32(28)19-26-12-13-27(38)21-31(26)33/h3-14,16,19,21,24-25,36-37H,1-2,15,17-18,20,22-23H2/q+1/t24-,25-,36+,37-,41-/m0/s1. The summed E-state index contributed by atoms with van der Waals surface area (Å²) in [5.41, 5.74) is 3.07. The van der Waals surface area contributed by atoms with Crippen molar-refractivity contribution in [3.8, 4) is 0 Å². The van der Waals surface area contributed by atoms with E-state index in [1.54, 1.807) is 18.2 Å². The number of benzene rings is 4. The number of pyridine rings is 1. The molecule has 3 fully saturated rings. The van der Waals surface area contributed by atoms with Gasteiger partial charge in [0.1, 0.15) is 30.3 Å². The Morgan fingerprint density at radius 1 is 0.952 bits per heavy atom. The zero-order valence-electron chi connectivity index (χ0n) is 23.7. The van der Waals surface area contributed by atoms with Crippen LogP contribution in [0.2, 0.25) is 0 Å². The molecule has 1 aromatic heterocycles. The van der Waals surface area contributed by atoms with Crippen molar-refractivity contribution in [2.75, 3.05) is 19.7 Å². The van der Waals surface area contributed by atoms with Gasteiger partial charge >= 0.3 is 0 Å². The van der Waals surface area contributed by atoms with Gasteiger partial charge in [0.25, 0.3) is 0 Å². The fraction of sp³-hybridized carbons (Fsp3) is 0.270. The molecule has 5 aromatic rings. The number of ether oxygens (including phenoxy) is 1. The highest BCUT2D eigenvalue weighted by Gasteiger charge is 2.54. The number of hydrogen-bond acceptors (Lipinski definition) is 2. The van der Waals surface area contributed by atoms with Crippen LogP contribution in [-0.2, 0) is 11.3 Å². The summed E-state index contributed by atoms with van der Waals surface area (Å²) in [7, 11) is 0. The van der Waals surface area contributed by atoms with Crippen molar-refractivity contribution >= 4 is 32.4 Å². The van der Waals surface area contributed by atoms with Gasteiger partial charge in [0.15, 0.2) is 0 Å². The summed E-state index contributed by atoms with van der Waals surface area (Å²) in [6.45, 7) is 11.1. The van der Waals surface area contributed by atoms with Crippen LogP contribution in [0.4, 0.5) is 8.78 Å². The number of quaternary nitrogens is 1. The smallest absolute Gasteiger partial charge is 0.135 e. The Balaban J connectivity index is 1.44. The van der Waals surface area contributed by atoms with Crippen molar-refractivity contribution in [2.24, 2.45) is 11.8 Å². The van der Waals surface area contributed by atoms with E-state index in [2.05, 4.69) is 42.4 Å². The molecule has 0 radical (unpaired) electrons. The van der Waals surface area contributed by atoms with Crippen LogP contribution < -0.4 is 0 Å². The molecule has 3 nitrogen and oxygen atoms in total. The second-order valence-electron chi connectivity index (χ2n) is 12.0. The normalized spacial score (nSPS) is 24.3. The zero-order valence-corrected chi connectivity index (χ0v) is 23.7. The Hall–Kier alpha value is -3.93. The highest BCUT2D eigenvalue weighted by molar-refractivity contribution is 6.02. The number of aromatic nitrogens is 1. The van der Waals surface area contributed by atoms with Gasteiger partial charge in [-0.15, -0.1) is 13.2 Å². The van der Waals surface area contributed by atoms with Crippen molar-refractivity contribution in [3.63, 3.8) is 0 Å². The third-order valence-electron chi connectivity index (χ3n) is 9.90. The van der Waals surface area contributed by atoms with Gasteiger partial charge in [0, 0.05) is 41.3 Å². The van der Waals surface area contributed by atoms with Gasteiger partial charge in [0.2, 0.25) is 0 Å². The molecule has 2 bridgehead atoms. The maximum Gasteiger partial charge on any atom is 0.135 e. The first-order valence-electron chi connectivity index (χ1n) is 14.8. The van der Waals surface area contributed by atoms with Gasteiger partial charge in [-0.05, 0) is 64.0 Å². The molecule has 212 valence electrons. The monoisotopic (exact) mass is 561 g/mol. The molecule has 0 N–H and O–H groups in total. The van der Waals surface area contributed by atoms with Crippen LogP contribution in [0.15, 0.2) is 104 Å². The van der Waals surface area contributed by atoms with Gasteiger partial charge in [-0.3, -0.25) is 4.98 Å². The van der Waals surface area contributed by atoms with Gasteiger partial charge in [-0.2, -0.15) is 0 Å². The molecule has 3 aliphatic rings. The summed E-state index contributed by atoms with van der Waals surface area (Å²) in [4.78, 5) is 4.63. The SMILES string of the molecule is C=CCO[C@@H](c1ccnc2ccccc12)[C@H]1C[C@@H]2CC[N@@+]1(Cc1c3cc(F)ccc3cc3c(F)cccc13)C[C@@H]2C=C. The molecule has 4 aromatic carbocycles. The largest absolute Gasteiger partial charge is 0.363 e. The van der Waals surface area contributed by atoms with Crippen LogP contribution in [-0.4, -0.2) is 35.2 Å².